The van der Waals surface area contributed by atoms with Crippen LogP contribution in [0.15, 0.2) is 24.3 Å². The zero-order chi connectivity index (χ0) is 20.1. The smallest absolute Gasteiger partial charge is 0.326 e. The lowest BCUT2D eigenvalue weighted by molar-refractivity contribution is -0.385. The van der Waals surface area contributed by atoms with Gasteiger partial charge in [-0.15, -0.1) is 0 Å². The minimum atomic E-state index is -0.742. The summed E-state index contributed by atoms with van der Waals surface area (Å²) in [6.07, 6.45) is 2.34. The maximum Gasteiger partial charge on any atom is 0.326 e. The molecule has 1 rings (SSSR count). The van der Waals surface area contributed by atoms with Gasteiger partial charge in [0.05, 0.1) is 16.6 Å². The highest BCUT2D eigenvalue weighted by Gasteiger charge is 2.23. The van der Waals surface area contributed by atoms with Gasteiger partial charge in [0.2, 0.25) is 5.91 Å². The molecule has 0 aliphatic heterocycles. The molecule has 0 saturated heterocycles. The molecule has 0 atom stereocenters. The van der Waals surface area contributed by atoms with Crippen molar-refractivity contribution in [1.82, 2.24) is 4.90 Å². The maximum absolute atomic E-state index is 13.2. The minimum absolute atomic E-state index is 0.0886. The highest BCUT2D eigenvalue weighted by molar-refractivity contribution is 5.94. The van der Waals surface area contributed by atoms with Crippen molar-refractivity contribution < 1.29 is 23.6 Å². The van der Waals surface area contributed by atoms with Gasteiger partial charge in [-0.05, 0) is 52.8 Å². The van der Waals surface area contributed by atoms with Gasteiger partial charge in [0.15, 0.2) is 0 Å². The van der Waals surface area contributed by atoms with Gasteiger partial charge in [-0.1, -0.05) is 0 Å². The fourth-order valence-electron chi connectivity index (χ4n) is 2.10. The van der Waals surface area contributed by atoms with E-state index in [2.05, 4.69) is 0 Å². The van der Waals surface area contributed by atoms with Crippen LogP contribution < -0.4 is 0 Å². The van der Waals surface area contributed by atoms with Gasteiger partial charge in [-0.2, -0.15) is 0 Å². The van der Waals surface area contributed by atoms with Gasteiger partial charge >= 0.3 is 5.97 Å². The summed E-state index contributed by atoms with van der Waals surface area (Å²) in [6.45, 7) is 8.39. The van der Waals surface area contributed by atoms with Gasteiger partial charge in [-0.3, -0.25) is 19.7 Å². The molecule has 0 aliphatic carbocycles. The summed E-state index contributed by atoms with van der Waals surface area (Å²) in [5, 5.41) is 11.0. The fraction of sp³-hybridized carbons (Fsp3) is 0.444. The fourth-order valence-corrected chi connectivity index (χ4v) is 2.10. The van der Waals surface area contributed by atoms with Crippen LogP contribution in [-0.2, 0) is 14.3 Å². The number of esters is 1. The number of amides is 1. The highest BCUT2D eigenvalue weighted by atomic mass is 19.1. The minimum Gasteiger partial charge on any atom is -0.459 e. The average Bonchev–Trinajstić information content (AvgIpc) is 2.48. The van der Waals surface area contributed by atoms with E-state index in [1.807, 2.05) is 0 Å². The molecule has 1 aromatic rings. The molecular formula is C18H23FN2O5. The first-order chi connectivity index (χ1) is 11.9. The van der Waals surface area contributed by atoms with Crippen molar-refractivity contribution in [2.75, 3.05) is 6.54 Å². The molecule has 8 heteroatoms. The number of nitro groups is 1. The van der Waals surface area contributed by atoms with E-state index in [0.29, 0.717) is 0 Å². The predicted octanol–water partition coefficient (Wildman–Crippen LogP) is 3.33. The lowest BCUT2D eigenvalue weighted by Gasteiger charge is -2.27. The van der Waals surface area contributed by atoms with Crippen LogP contribution >= 0.6 is 0 Å². The predicted molar refractivity (Wildman–Crippen MR) is 94.8 cm³/mol. The lowest BCUT2D eigenvalue weighted by Crippen LogP contribution is -2.41. The first kappa shape index (κ1) is 21.3. The molecule has 0 saturated carbocycles. The van der Waals surface area contributed by atoms with Crippen LogP contribution in [0.3, 0.4) is 0 Å². The van der Waals surface area contributed by atoms with Crippen molar-refractivity contribution >= 4 is 23.6 Å². The Morgan fingerprint density at radius 3 is 2.46 bits per heavy atom. The van der Waals surface area contributed by atoms with Gasteiger partial charge < -0.3 is 9.64 Å². The standard InChI is InChI=1S/C18H23FN2O5/c1-12(2)20(11-17(23)26-18(3,4)5)16(22)9-7-13-6-8-14(19)10-15(13)21(24)25/h6-10,12H,11H2,1-5H3/b9-7+. The molecule has 0 radical (unpaired) electrons. The third-order valence-corrected chi connectivity index (χ3v) is 3.22. The Hall–Kier alpha value is -2.77. The first-order valence-corrected chi connectivity index (χ1v) is 8.05. The zero-order valence-corrected chi connectivity index (χ0v) is 15.5. The molecule has 0 bridgehead atoms. The van der Waals surface area contributed by atoms with E-state index in [-0.39, 0.29) is 18.2 Å². The monoisotopic (exact) mass is 366 g/mol. The van der Waals surface area contributed by atoms with Crippen LogP contribution in [0, 0.1) is 15.9 Å². The second kappa shape index (κ2) is 8.55. The number of halogens is 1. The summed E-state index contributed by atoms with van der Waals surface area (Å²) >= 11 is 0. The van der Waals surface area contributed by atoms with Crippen LogP contribution in [0.2, 0.25) is 0 Å². The van der Waals surface area contributed by atoms with E-state index >= 15 is 0 Å². The van der Waals surface area contributed by atoms with Crippen molar-refractivity contribution in [3.63, 3.8) is 0 Å². The number of hydrogen-bond donors (Lipinski definition) is 0. The van der Waals surface area contributed by atoms with E-state index in [1.54, 1.807) is 34.6 Å². The summed E-state index contributed by atoms with van der Waals surface area (Å²) < 4.78 is 18.4. The molecule has 1 amide bonds. The van der Waals surface area contributed by atoms with E-state index < -0.39 is 33.9 Å². The Balaban J connectivity index is 2.96. The Bertz CT molecular complexity index is 723. The van der Waals surface area contributed by atoms with E-state index in [1.165, 1.54) is 17.0 Å². The van der Waals surface area contributed by atoms with Gasteiger partial charge in [0.1, 0.15) is 18.0 Å². The zero-order valence-electron chi connectivity index (χ0n) is 15.5. The molecule has 0 aliphatic rings. The second-order valence-electron chi connectivity index (χ2n) is 6.94. The van der Waals surface area contributed by atoms with Gasteiger partial charge in [0, 0.05) is 12.1 Å². The molecule has 7 nitrogen and oxygen atoms in total. The SMILES string of the molecule is CC(C)N(CC(=O)OC(C)(C)C)C(=O)/C=C/c1ccc(F)cc1[N+](=O)[O-]. The molecule has 0 aromatic heterocycles. The summed E-state index contributed by atoms with van der Waals surface area (Å²) in [5.41, 5.74) is -1.03. The summed E-state index contributed by atoms with van der Waals surface area (Å²) in [5.74, 6) is -1.81. The van der Waals surface area contributed by atoms with Gasteiger partial charge in [-0.25, -0.2) is 4.39 Å². The molecule has 0 unspecified atom stereocenters. The largest absolute Gasteiger partial charge is 0.459 e. The highest BCUT2D eigenvalue weighted by Crippen LogP contribution is 2.21. The van der Waals surface area contributed by atoms with Crippen molar-refractivity contribution in [1.29, 1.82) is 0 Å². The Morgan fingerprint density at radius 1 is 1.35 bits per heavy atom. The van der Waals surface area contributed by atoms with Crippen molar-refractivity contribution in [2.24, 2.45) is 0 Å². The van der Waals surface area contributed by atoms with Crippen LogP contribution in [-0.4, -0.2) is 39.9 Å². The number of carbonyl (C=O) groups excluding carboxylic acids is 2. The van der Waals surface area contributed by atoms with E-state index in [0.717, 1.165) is 18.2 Å². The normalized spacial score (nSPS) is 11.7. The summed E-state index contributed by atoms with van der Waals surface area (Å²) in [4.78, 5) is 35.9. The Morgan fingerprint density at radius 2 is 1.96 bits per heavy atom. The molecule has 0 fully saturated rings. The molecular weight excluding hydrogens is 343 g/mol. The van der Waals surface area contributed by atoms with Gasteiger partial charge in [0.25, 0.3) is 5.69 Å². The van der Waals surface area contributed by atoms with Crippen LogP contribution in [0.25, 0.3) is 6.08 Å². The number of hydrogen-bond acceptors (Lipinski definition) is 5. The molecule has 0 heterocycles. The second-order valence-corrected chi connectivity index (χ2v) is 6.94. The van der Waals surface area contributed by atoms with Crippen molar-refractivity contribution in [2.45, 2.75) is 46.3 Å². The molecule has 1 aromatic carbocycles. The van der Waals surface area contributed by atoms with Crippen molar-refractivity contribution in [3.05, 3.63) is 45.8 Å². The van der Waals surface area contributed by atoms with Crippen LogP contribution in [0.1, 0.15) is 40.2 Å². The average molecular weight is 366 g/mol. The molecule has 26 heavy (non-hydrogen) atoms. The topological polar surface area (TPSA) is 89.8 Å². The number of carbonyl (C=O) groups is 2. The summed E-state index contributed by atoms with van der Waals surface area (Å²) in [7, 11) is 0. The summed E-state index contributed by atoms with van der Waals surface area (Å²) in [6, 6.07) is 2.77. The lowest BCUT2D eigenvalue weighted by atomic mass is 10.1. The molecule has 0 N–H and O–H groups in total. The van der Waals surface area contributed by atoms with E-state index in [9.17, 15) is 24.1 Å². The molecule has 0 spiro atoms. The number of ether oxygens (including phenoxy) is 1. The number of rotatable bonds is 6. The maximum atomic E-state index is 13.2. The third-order valence-electron chi connectivity index (χ3n) is 3.22. The first-order valence-electron chi connectivity index (χ1n) is 8.05. The number of nitro benzene ring substituents is 1. The Labute approximate surface area is 151 Å². The van der Waals surface area contributed by atoms with Crippen LogP contribution in [0.4, 0.5) is 10.1 Å². The number of benzene rings is 1. The van der Waals surface area contributed by atoms with Crippen LogP contribution in [0.5, 0.6) is 0 Å². The molecule has 142 valence electrons. The Kier molecular flexibility index (Phi) is 7.00. The van der Waals surface area contributed by atoms with Crippen molar-refractivity contribution in [3.8, 4) is 0 Å². The quantitative estimate of drug-likeness (QED) is 0.333. The number of nitrogens with zero attached hydrogens (tertiary/aromatic N) is 2. The van der Waals surface area contributed by atoms with E-state index in [4.69, 9.17) is 4.74 Å². The third kappa shape index (κ3) is 6.62.